The highest BCUT2D eigenvalue weighted by atomic mass is 32.2. The van der Waals surface area contributed by atoms with Crippen molar-refractivity contribution >= 4 is 17.7 Å². The average molecular weight is 284 g/mol. The largest absolute Gasteiger partial charge is 0.379 e. The molecule has 0 bridgehead atoms. The van der Waals surface area contributed by atoms with E-state index in [1.807, 2.05) is 11.8 Å². The highest BCUT2D eigenvalue weighted by Crippen LogP contribution is 2.33. The number of rotatable bonds is 3. The number of amides is 1. The van der Waals surface area contributed by atoms with Gasteiger partial charge in [0, 0.05) is 37.8 Å². The lowest BCUT2D eigenvalue weighted by Crippen LogP contribution is -2.50. The van der Waals surface area contributed by atoms with Crippen LogP contribution in [0.15, 0.2) is 0 Å². The first-order valence-electron chi connectivity index (χ1n) is 7.53. The van der Waals surface area contributed by atoms with Crippen LogP contribution >= 0.6 is 11.8 Å². The monoisotopic (exact) mass is 284 g/mol. The van der Waals surface area contributed by atoms with Crippen molar-refractivity contribution in [2.24, 2.45) is 5.92 Å². The van der Waals surface area contributed by atoms with Gasteiger partial charge in [-0.3, -0.25) is 9.69 Å². The van der Waals surface area contributed by atoms with Crippen LogP contribution in [0, 0.1) is 5.92 Å². The quantitative estimate of drug-likeness (QED) is 0.776. The molecule has 5 heteroatoms. The number of thioether (sulfide) groups is 1. The number of carbonyl (C=O) groups excluding carboxylic acids is 1. The van der Waals surface area contributed by atoms with Crippen LogP contribution in [0.5, 0.6) is 0 Å². The van der Waals surface area contributed by atoms with Crippen LogP contribution in [-0.2, 0) is 9.53 Å². The van der Waals surface area contributed by atoms with Gasteiger partial charge in [0.15, 0.2) is 0 Å². The molecule has 2 aliphatic heterocycles. The smallest absolute Gasteiger partial charge is 0.226 e. The van der Waals surface area contributed by atoms with E-state index in [-0.39, 0.29) is 0 Å². The fourth-order valence-electron chi connectivity index (χ4n) is 2.92. The van der Waals surface area contributed by atoms with Gasteiger partial charge in [-0.2, -0.15) is 11.8 Å². The van der Waals surface area contributed by atoms with Crippen molar-refractivity contribution in [2.45, 2.75) is 25.3 Å². The maximum atomic E-state index is 12.4. The van der Waals surface area contributed by atoms with E-state index < -0.39 is 0 Å². The number of hydrogen-bond donors (Lipinski definition) is 0. The van der Waals surface area contributed by atoms with Crippen molar-refractivity contribution in [3.05, 3.63) is 0 Å². The van der Waals surface area contributed by atoms with E-state index in [1.165, 1.54) is 5.75 Å². The molecule has 0 aromatic rings. The lowest BCUT2D eigenvalue weighted by atomic mass is 10.2. The van der Waals surface area contributed by atoms with E-state index in [0.29, 0.717) is 17.9 Å². The summed E-state index contributed by atoms with van der Waals surface area (Å²) in [7, 11) is 0. The second-order valence-electron chi connectivity index (χ2n) is 5.80. The Balaban J connectivity index is 1.61. The van der Waals surface area contributed by atoms with Gasteiger partial charge in [-0.15, -0.1) is 0 Å². The third kappa shape index (κ3) is 3.64. The first kappa shape index (κ1) is 13.7. The van der Waals surface area contributed by atoms with Gasteiger partial charge in [0.25, 0.3) is 0 Å². The zero-order valence-corrected chi connectivity index (χ0v) is 12.4. The van der Waals surface area contributed by atoms with Gasteiger partial charge in [-0.25, -0.2) is 0 Å². The first-order chi connectivity index (χ1) is 9.34. The fraction of sp³-hybridized carbons (Fsp3) is 0.929. The minimum atomic E-state index is 0.357. The minimum absolute atomic E-state index is 0.357. The molecule has 1 aliphatic carbocycles. The zero-order valence-electron chi connectivity index (χ0n) is 11.6. The molecule has 3 rings (SSSR count). The molecule has 2 heterocycles. The Morgan fingerprint density at radius 2 is 2.00 bits per heavy atom. The molecule has 0 aromatic heterocycles. The Kier molecular flexibility index (Phi) is 4.66. The van der Waals surface area contributed by atoms with Crippen molar-refractivity contribution in [3.8, 4) is 0 Å². The Morgan fingerprint density at radius 3 is 2.74 bits per heavy atom. The van der Waals surface area contributed by atoms with E-state index in [1.54, 1.807) is 0 Å². The predicted octanol–water partition coefficient (Wildman–Crippen LogP) is 1.06. The molecule has 0 radical (unpaired) electrons. The summed E-state index contributed by atoms with van der Waals surface area (Å²) >= 11 is 2.01. The van der Waals surface area contributed by atoms with Crippen molar-refractivity contribution in [3.63, 3.8) is 0 Å². The number of morpholine rings is 1. The van der Waals surface area contributed by atoms with Gasteiger partial charge < -0.3 is 9.64 Å². The van der Waals surface area contributed by atoms with Crippen LogP contribution in [0.3, 0.4) is 0 Å². The van der Waals surface area contributed by atoms with Gasteiger partial charge in [-0.05, 0) is 25.0 Å². The maximum absolute atomic E-state index is 12.4. The molecule has 0 spiro atoms. The molecule has 1 saturated carbocycles. The Hall–Kier alpha value is -0.260. The second-order valence-corrected chi connectivity index (χ2v) is 6.95. The van der Waals surface area contributed by atoms with E-state index >= 15 is 0 Å². The SMILES string of the molecule is O=C(C1CC1)N1CCCSC[C@H]1CN1CCOCC1. The molecular formula is C14H24N2O2S. The molecular weight excluding hydrogens is 260 g/mol. The number of ether oxygens (including phenoxy) is 1. The van der Waals surface area contributed by atoms with Gasteiger partial charge >= 0.3 is 0 Å². The Bertz CT molecular complexity index is 317. The third-order valence-electron chi connectivity index (χ3n) is 4.22. The molecule has 3 fully saturated rings. The van der Waals surface area contributed by atoms with E-state index in [9.17, 15) is 4.79 Å². The molecule has 3 aliphatic rings. The standard InChI is InChI=1S/C14H24N2O2S/c17-14(12-2-3-12)16-4-1-9-19-11-13(16)10-15-5-7-18-8-6-15/h12-13H,1-11H2/t13-/m1/s1. The van der Waals surface area contributed by atoms with Crippen LogP contribution in [0.2, 0.25) is 0 Å². The number of carbonyl (C=O) groups is 1. The topological polar surface area (TPSA) is 32.8 Å². The Morgan fingerprint density at radius 1 is 1.21 bits per heavy atom. The summed E-state index contributed by atoms with van der Waals surface area (Å²) < 4.78 is 5.41. The molecule has 0 N–H and O–H groups in total. The van der Waals surface area contributed by atoms with E-state index in [2.05, 4.69) is 9.80 Å². The van der Waals surface area contributed by atoms with Crippen LogP contribution in [0.4, 0.5) is 0 Å². The molecule has 108 valence electrons. The van der Waals surface area contributed by atoms with Crippen molar-refractivity contribution < 1.29 is 9.53 Å². The van der Waals surface area contributed by atoms with E-state index in [4.69, 9.17) is 4.74 Å². The zero-order chi connectivity index (χ0) is 13.1. The predicted molar refractivity (Wildman–Crippen MR) is 77.4 cm³/mol. The minimum Gasteiger partial charge on any atom is -0.379 e. The molecule has 0 unspecified atom stereocenters. The summed E-state index contributed by atoms with van der Waals surface area (Å²) in [5.74, 6) is 3.10. The maximum Gasteiger partial charge on any atom is 0.226 e. The van der Waals surface area contributed by atoms with Gasteiger partial charge in [0.05, 0.1) is 19.3 Å². The lowest BCUT2D eigenvalue weighted by molar-refractivity contribution is -0.135. The fourth-order valence-corrected chi connectivity index (χ4v) is 3.97. The Labute approximate surface area is 119 Å². The molecule has 1 amide bonds. The summed E-state index contributed by atoms with van der Waals surface area (Å²) in [6.07, 6.45) is 3.39. The van der Waals surface area contributed by atoms with Crippen LogP contribution in [0.1, 0.15) is 19.3 Å². The number of hydrogen-bond acceptors (Lipinski definition) is 4. The third-order valence-corrected chi connectivity index (χ3v) is 5.42. The average Bonchev–Trinajstić information content (AvgIpc) is 3.27. The number of nitrogens with zero attached hydrogens (tertiary/aromatic N) is 2. The normalized spacial score (nSPS) is 30.1. The first-order valence-corrected chi connectivity index (χ1v) is 8.68. The van der Waals surface area contributed by atoms with Crippen molar-refractivity contribution in [1.82, 2.24) is 9.80 Å². The van der Waals surface area contributed by atoms with Crippen molar-refractivity contribution in [2.75, 3.05) is 50.9 Å². The molecule has 2 saturated heterocycles. The lowest BCUT2D eigenvalue weighted by Gasteiger charge is -2.35. The molecule has 0 aromatic carbocycles. The molecule has 19 heavy (non-hydrogen) atoms. The summed E-state index contributed by atoms with van der Waals surface area (Å²) in [5, 5.41) is 0. The van der Waals surface area contributed by atoms with E-state index in [0.717, 1.165) is 64.4 Å². The summed E-state index contributed by atoms with van der Waals surface area (Å²) in [6, 6.07) is 0.415. The summed E-state index contributed by atoms with van der Waals surface area (Å²) in [4.78, 5) is 17.1. The highest BCUT2D eigenvalue weighted by molar-refractivity contribution is 7.99. The molecule has 4 nitrogen and oxygen atoms in total. The second kappa shape index (κ2) is 6.46. The van der Waals surface area contributed by atoms with Gasteiger partial charge in [0.1, 0.15) is 0 Å². The van der Waals surface area contributed by atoms with Gasteiger partial charge in [0.2, 0.25) is 5.91 Å². The highest BCUT2D eigenvalue weighted by Gasteiger charge is 2.37. The van der Waals surface area contributed by atoms with Crippen LogP contribution in [0.25, 0.3) is 0 Å². The van der Waals surface area contributed by atoms with Crippen LogP contribution in [-0.4, -0.2) is 72.6 Å². The molecule has 1 atom stereocenters. The summed E-state index contributed by atoms with van der Waals surface area (Å²) in [5.41, 5.74) is 0. The van der Waals surface area contributed by atoms with Crippen molar-refractivity contribution in [1.29, 1.82) is 0 Å². The van der Waals surface area contributed by atoms with Crippen LogP contribution < -0.4 is 0 Å². The van der Waals surface area contributed by atoms with Gasteiger partial charge in [-0.1, -0.05) is 0 Å². The summed E-state index contributed by atoms with van der Waals surface area (Å²) in [6.45, 7) is 5.73.